The smallest absolute Gasteiger partial charge is 0.337 e. The van der Waals surface area contributed by atoms with Gasteiger partial charge in [-0.2, -0.15) is 0 Å². The number of ether oxygens (including phenoxy) is 1. The highest BCUT2D eigenvalue weighted by molar-refractivity contribution is 6.00. The number of carbonyl (C=O) groups is 2. The number of hydrogen-bond donors (Lipinski definition) is 2. The third-order valence-corrected chi connectivity index (χ3v) is 3.11. The third-order valence-electron chi connectivity index (χ3n) is 3.11. The molecule has 19 heavy (non-hydrogen) atoms. The number of carboxylic acid groups (broad SMARTS) is 1. The van der Waals surface area contributed by atoms with E-state index in [-0.39, 0.29) is 23.3 Å². The number of methoxy groups -OCH3 is 1. The van der Waals surface area contributed by atoms with E-state index in [1.165, 1.54) is 19.2 Å². The lowest BCUT2D eigenvalue weighted by atomic mass is 10.1. The van der Waals surface area contributed by atoms with Gasteiger partial charge in [-0.15, -0.1) is 0 Å². The quantitative estimate of drug-likeness (QED) is 0.872. The molecule has 1 aromatic rings. The molecule has 0 heterocycles. The minimum atomic E-state index is -1.09. The summed E-state index contributed by atoms with van der Waals surface area (Å²) in [4.78, 5) is 24.7. The van der Waals surface area contributed by atoms with Gasteiger partial charge in [0.25, 0.3) is 0 Å². The molecule has 0 aliphatic heterocycles. The van der Waals surface area contributed by atoms with Gasteiger partial charge in [0.2, 0.25) is 0 Å². The van der Waals surface area contributed by atoms with Crippen molar-refractivity contribution in [3.63, 3.8) is 0 Å². The largest absolute Gasteiger partial charge is 0.497 e. The monoisotopic (exact) mass is 264 g/mol. The van der Waals surface area contributed by atoms with Crippen LogP contribution in [0.5, 0.6) is 5.75 Å². The summed E-state index contributed by atoms with van der Waals surface area (Å²) < 4.78 is 5.03. The Kier molecular flexibility index (Phi) is 3.59. The predicted octanol–water partition coefficient (Wildman–Crippen LogP) is 2.02. The zero-order valence-corrected chi connectivity index (χ0v) is 10.8. The lowest BCUT2D eigenvalue weighted by Crippen LogP contribution is -2.33. The molecule has 0 radical (unpaired) electrons. The number of amides is 2. The van der Waals surface area contributed by atoms with Gasteiger partial charge in [0.15, 0.2) is 0 Å². The fourth-order valence-electron chi connectivity index (χ4n) is 1.77. The van der Waals surface area contributed by atoms with Crippen LogP contribution >= 0.6 is 0 Å². The van der Waals surface area contributed by atoms with Crippen molar-refractivity contribution >= 4 is 17.7 Å². The lowest BCUT2D eigenvalue weighted by molar-refractivity contribution is 0.0698. The molecule has 102 valence electrons. The number of benzene rings is 1. The van der Waals surface area contributed by atoms with Gasteiger partial charge in [-0.05, 0) is 25.0 Å². The average Bonchev–Trinajstić information content (AvgIpc) is 3.21. The minimum Gasteiger partial charge on any atom is -0.497 e. The van der Waals surface area contributed by atoms with Crippen molar-refractivity contribution in [2.75, 3.05) is 19.5 Å². The average molecular weight is 264 g/mol. The first-order valence-electron chi connectivity index (χ1n) is 5.98. The van der Waals surface area contributed by atoms with Crippen molar-refractivity contribution in [2.24, 2.45) is 0 Å². The van der Waals surface area contributed by atoms with Crippen LogP contribution in [0.3, 0.4) is 0 Å². The number of aromatic carboxylic acids is 1. The van der Waals surface area contributed by atoms with E-state index in [4.69, 9.17) is 9.84 Å². The fourth-order valence-corrected chi connectivity index (χ4v) is 1.77. The summed E-state index contributed by atoms with van der Waals surface area (Å²) in [5.41, 5.74) is 0.280. The molecule has 1 aliphatic carbocycles. The van der Waals surface area contributed by atoms with Gasteiger partial charge < -0.3 is 20.1 Å². The summed E-state index contributed by atoms with van der Waals surface area (Å²) in [5, 5.41) is 11.7. The highest BCUT2D eigenvalue weighted by Crippen LogP contribution is 2.27. The van der Waals surface area contributed by atoms with Crippen LogP contribution in [-0.4, -0.2) is 42.2 Å². The van der Waals surface area contributed by atoms with Gasteiger partial charge in [0, 0.05) is 19.2 Å². The lowest BCUT2D eigenvalue weighted by Gasteiger charge is -2.18. The minimum absolute atomic E-state index is 0.0401. The Morgan fingerprint density at radius 1 is 1.42 bits per heavy atom. The van der Waals surface area contributed by atoms with Crippen molar-refractivity contribution in [2.45, 2.75) is 18.9 Å². The predicted molar refractivity (Wildman–Crippen MR) is 69.8 cm³/mol. The highest BCUT2D eigenvalue weighted by atomic mass is 16.5. The summed E-state index contributed by atoms with van der Waals surface area (Å²) in [5.74, 6) is -0.596. The van der Waals surface area contributed by atoms with E-state index >= 15 is 0 Å². The second kappa shape index (κ2) is 5.17. The molecule has 0 unspecified atom stereocenters. The normalized spacial score (nSPS) is 13.8. The Morgan fingerprint density at radius 2 is 2.11 bits per heavy atom. The molecule has 0 spiro atoms. The van der Waals surface area contributed by atoms with Crippen LogP contribution in [-0.2, 0) is 0 Å². The number of hydrogen-bond acceptors (Lipinski definition) is 3. The molecule has 1 aromatic carbocycles. The van der Waals surface area contributed by atoms with Crippen LogP contribution in [0.15, 0.2) is 18.2 Å². The molecule has 0 saturated heterocycles. The number of carboxylic acids is 1. The molecule has 2 N–H and O–H groups in total. The molecular weight excluding hydrogens is 248 g/mol. The maximum absolute atomic E-state index is 11.9. The van der Waals surface area contributed by atoms with E-state index in [9.17, 15) is 9.59 Å². The number of anilines is 1. The molecule has 6 heteroatoms. The number of nitrogens with one attached hydrogen (secondary N) is 1. The second-order valence-corrected chi connectivity index (χ2v) is 4.49. The molecule has 0 aromatic heterocycles. The standard InChI is InChI=1S/C13H16N2O4/c1-15(8-3-4-8)13(18)14-11-7-9(19-2)5-6-10(11)12(16)17/h5-8H,3-4H2,1-2H3,(H,14,18)(H,16,17). The summed E-state index contributed by atoms with van der Waals surface area (Å²) in [7, 11) is 3.19. The van der Waals surface area contributed by atoms with Crippen molar-refractivity contribution < 1.29 is 19.4 Å². The van der Waals surface area contributed by atoms with E-state index in [2.05, 4.69) is 5.32 Å². The second-order valence-electron chi connectivity index (χ2n) is 4.49. The summed E-state index contributed by atoms with van der Waals surface area (Å²) >= 11 is 0. The number of carbonyl (C=O) groups excluding carboxylic acids is 1. The summed E-state index contributed by atoms with van der Waals surface area (Å²) in [6.45, 7) is 0. The van der Waals surface area contributed by atoms with E-state index in [0.717, 1.165) is 12.8 Å². The van der Waals surface area contributed by atoms with Crippen LogP contribution < -0.4 is 10.1 Å². The number of urea groups is 1. The van der Waals surface area contributed by atoms with Crippen molar-refractivity contribution in [3.05, 3.63) is 23.8 Å². The number of nitrogens with zero attached hydrogens (tertiary/aromatic N) is 1. The molecule has 0 atom stereocenters. The SMILES string of the molecule is COc1ccc(C(=O)O)c(NC(=O)N(C)C2CC2)c1. The molecule has 1 saturated carbocycles. The summed E-state index contributed by atoms with van der Waals surface area (Å²) in [6.07, 6.45) is 1.99. The maximum atomic E-state index is 11.9. The zero-order chi connectivity index (χ0) is 14.0. The fraction of sp³-hybridized carbons (Fsp3) is 0.385. The molecule has 1 aliphatic rings. The first-order chi connectivity index (χ1) is 9.02. The van der Waals surface area contributed by atoms with Gasteiger partial charge in [-0.25, -0.2) is 9.59 Å². The van der Waals surface area contributed by atoms with E-state index in [0.29, 0.717) is 5.75 Å². The van der Waals surface area contributed by atoms with Crippen LogP contribution in [0.4, 0.5) is 10.5 Å². The molecule has 6 nitrogen and oxygen atoms in total. The Morgan fingerprint density at radius 3 is 2.63 bits per heavy atom. The Hall–Kier alpha value is -2.24. The van der Waals surface area contributed by atoms with Crippen molar-refractivity contribution in [1.82, 2.24) is 4.90 Å². The molecule has 1 fully saturated rings. The highest BCUT2D eigenvalue weighted by Gasteiger charge is 2.30. The van der Waals surface area contributed by atoms with Crippen molar-refractivity contribution in [3.8, 4) is 5.75 Å². The maximum Gasteiger partial charge on any atom is 0.337 e. The first-order valence-corrected chi connectivity index (χ1v) is 5.98. The topological polar surface area (TPSA) is 78.9 Å². The molecule has 0 bridgehead atoms. The molecule has 2 rings (SSSR count). The number of rotatable bonds is 4. The Balaban J connectivity index is 2.21. The van der Waals surface area contributed by atoms with Crippen molar-refractivity contribution in [1.29, 1.82) is 0 Å². The third kappa shape index (κ3) is 2.96. The summed E-state index contributed by atoms with van der Waals surface area (Å²) in [6, 6.07) is 4.41. The Labute approximate surface area is 111 Å². The van der Waals surface area contributed by atoms with Crippen LogP contribution in [0, 0.1) is 0 Å². The zero-order valence-electron chi connectivity index (χ0n) is 10.8. The van der Waals surface area contributed by atoms with Gasteiger partial charge in [0.05, 0.1) is 18.4 Å². The Bertz CT molecular complexity index is 511. The van der Waals surface area contributed by atoms with E-state index in [1.54, 1.807) is 18.0 Å². The van der Waals surface area contributed by atoms with Gasteiger partial charge >= 0.3 is 12.0 Å². The van der Waals surface area contributed by atoms with Crippen LogP contribution in [0.1, 0.15) is 23.2 Å². The van der Waals surface area contributed by atoms with Crippen LogP contribution in [0.2, 0.25) is 0 Å². The van der Waals surface area contributed by atoms with Gasteiger partial charge in [0.1, 0.15) is 5.75 Å². The van der Waals surface area contributed by atoms with Gasteiger partial charge in [-0.3, -0.25) is 0 Å². The van der Waals surface area contributed by atoms with E-state index in [1.807, 2.05) is 0 Å². The molecular formula is C13H16N2O4. The van der Waals surface area contributed by atoms with E-state index < -0.39 is 5.97 Å². The molecule has 2 amide bonds. The van der Waals surface area contributed by atoms with Crippen LogP contribution in [0.25, 0.3) is 0 Å². The first kappa shape index (κ1) is 13.2. The van der Waals surface area contributed by atoms with Gasteiger partial charge in [-0.1, -0.05) is 0 Å².